The van der Waals surface area contributed by atoms with Gasteiger partial charge in [-0.25, -0.2) is 0 Å². The van der Waals surface area contributed by atoms with Crippen LogP contribution >= 0.6 is 23.1 Å². The van der Waals surface area contributed by atoms with Crippen LogP contribution in [0, 0.1) is 6.92 Å². The second kappa shape index (κ2) is 10.9. The standard InChI is InChI=1S/C25H20N4O3S2/c1-16-7-13-20(14-8-16)26-21(30)15-33-25-29-28-24(34-25)27-23(32)19-11-9-18(10-12-19)22(31)17-5-3-2-4-6-17/h2-14H,15H2,1H3,(H,26,30)(H,27,28,32). The average molecular weight is 489 g/mol. The van der Waals surface area contributed by atoms with Crippen molar-refractivity contribution in [3.63, 3.8) is 0 Å². The molecule has 0 aliphatic heterocycles. The first kappa shape index (κ1) is 23.3. The molecule has 1 aromatic heterocycles. The van der Waals surface area contributed by atoms with Crippen LogP contribution in [0.3, 0.4) is 0 Å². The SMILES string of the molecule is Cc1ccc(NC(=O)CSc2nnc(NC(=O)c3ccc(C(=O)c4ccccc4)cc3)s2)cc1. The van der Waals surface area contributed by atoms with Gasteiger partial charge < -0.3 is 5.32 Å². The number of aromatic nitrogens is 2. The lowest BCUT2D eigenvalue weighted by Crippen LogP contribution is -2.13. The fourth-order valence-corrected chi connectivity index (χ4v) is 4.53. The Bertz CT molecular complexity index is 1300. The molecule has 0 atom stereocenters. The number of nitrogens with one attached hydrogen (secondary N) is 2. The summed E-state index contributed by atoms with van der Waals surface area (Å²) in [4.78, 5) is 37.2. The number of hydrogen-bond donors (Lipinski definition) is 2. The molecule has 0 saturated heterocycles. The van der Waals surface area contributed by atoms with Gasteiger partial charge in [-0.3, -0.25) is 19.7 Å². The van der Waals surface area contributed by atoms with Crippen molar-refractivity contribution in [3.05, 3.63) is 101 Å². The number of nitrogens with zero attached hydrogens (tertiary/aromatic N) is 2. The van der Waals surface area contributed by atoms with Crippen LogP contribution in [-0.2, 0) is 4.79 Å². The summed E-state index contributed by atoms with van der Waals surface area (Å²) in [6, 6.07) is 22.9. The van der Waals surface area contributed by atoms with E-state index in [4.69, 9.17) is 0 Å². The molecule has 0 saturated carbocycles. The van der Waals surface area contributed by atoms with Crippen molar-refractivity contribution in [2.75, 3.05) is 16.4 Å². The molecular formula is C25H20N4O3S2. The minimum atomic E-state index is -0.358. The molecule has 170 valence electrons. The Morgan fingerprint density at radius 1 is 0.794 bits per heavy atom. The van der Waals surface area contributed by atoms with Crippen LogP contribution in [0.15, 0.2) is 83.2 Å². The van der Waals surface area contributed by atoms with Gasteiger partial charge in [0.25, 0.3) is 5.91 Å². The van der Waals surface area contributed by atoms with Crippen molar-refractivity contribution < 1.29 is 14.4 Å². The number of rotatable bonds is 8. The topological polar surface area (TPSA) is 101 Å². The minimum absolute atomic E-state index is 0.107. The molecule has 0 radical (unpaired) electrons. The Labute approximate surface area is 204 Å². The van der Waals surface area contributed by atoms with Gasteiger partial charge in [-0.1, -0.05) is 83.3 Å². The summed E-state index contributed by atoms with van der Waals surface area (Å²) in [6.45, 7) is 1.98. The summed E-state index contributed by atoms with van der Waals surface area (Å²) < 4.78 is 0.568. The molecule has 2 N–H and O–H groups in total. The van der Waals surface area contributed by atoms with Crippen molar-refractivity contribution in [2.45, 2.75) is 11.3 Å². The van der Waals surface area contributed by atoms with Gasteiger partial charge in [0.1, 0.15) is 0 Å². The molecule has 0 aliphatic rings. The molecule has 0 fully saturated rings. The smallest absolute Gasteiger partial charge is 0.257 e. The third kappa shape index (κ3) is 6.15. The fourth-order valence-electron chi connectivity index (χ4n) is 2.98. The number of hydrogen-bond acceptors (Lipinski definition) is 7. The number of amides is 2. The number of aryl methyl sites for hydroxylation is 1. The molecule has 0 unspecified atom stereocenters. The number of benzene rings is 3. The Morgan fingerprint density at radius 3 is 2.15 bits per heavy atom. The summed E-state index contributed by atoms with van der Waals surface area (Å²) in [5, 5.41) is 13.8. The number of carbonyl (C=O) groups is 3. The van der Waals surface area contributed by atoms with Crippen LogP contribution in [0.4, 0.5) is 10.8 Å². The normalized spacial score (nSPS) is 10.5. The Morgan fingerprint density at radius 2 is 1.44 bits per heavy atom. The molecule has 2 amide bonds. The zero-order valence-corrected chi connectivity index (χ0v) is 19.8. The van der Waals surface area contributed by atoms with Gasteiger partial charge in [-0.15, -0.1) is 10.2 Å². The first-order valence-corrected chi connectivity index (χ1v) is 12.1. The molecule has 1 heterocycles. The van der Waals surface area contributed by atoms with Crippen LogP contribution in [0.5, 0.6) is 0 Å². The minimum Gasteiger partial charge on any atom is -0.325 e. The Kier molecular flexibility index (Phi) is 7.46. The van der Waals surface area contributed by atoms with Gasteiger partial charge in [0, 0.05) is 22.4 Å². The number of anilines is 2. The maximum absolute atomic E-state index is 12.5. The largest absolute Gasteiger partial charge is 0.325 e. The Balaban J connectivity index is 1.29. The van der Waals surface area contributed by atoms with Crippen LogP contribution in [-0.4, -0.2) is 33.5 Å². The average Bonchev–Trinajstić information content (AvgIpc) is 3.31. The van der Waals surface area contributed by atoms with Crippen LogP contribution < -0.4 is 10.6 Å². The molecule has 9 heteroatoms. The summed E-state index contributed by atoms with van der Waals surface area (Å²) in [5.41, 5.74) is 3.34. The van der Waals surface area contributed by atoms with Gasteiger partial charge in [-0.2, -0.15) is 0 Å². The number of ketones is 1. The van der Waals surface area contributed by atoms with Crippen molar-refractivity contribution in [2.24, 2.45) is 0 Å². The van der Waals surface area contributed by atoms with Crippen molar-refractivity contribution in [1.29, 1.82) is 0 Å². The van der Waals surface area contributed by atoms with E-state index < -0.39 is 0 Å². The van der Waals surface area contributed by atoms with Crippen LogP contribution in [0.1, 0.15) is 31.8 Å². The Hall–Kier alpha value is -3.82. The van der Waals surface area contributed by atoms with E-state index in [-0.39, 0.29) is 23.4 Å². The van der Waals surface area contributed by atoms with Gasteiger partial charge in [0.2, 0.25) is 11.0 Å². The number of thioether (sulfide) groups is 1. The van der Waals surface area contributed by atoms with Crippen LogP contribution in [0.25, 0.3) is 0 Å². The maximum atomic E-state index is 12.5. The number of carbonyl (C=O) groups excluding carboxylic acids is 3. The molecule has 34 heavy (non-hydrogen) atoms. The zero-order valence-electron chi connectivity index (χ0n) is 18.1. The lowest BCUT2D eigenvalue weighted by Gasteiger charge is -2.04. The predicted molar refractivity (Wildman–Crippen MR) is 135 cm³/mol. The molecule has 4 aromatic rings. The third-order valence-electron chi connectivity index (χ3n) is 4.73. The van der Waals surface area contributed by atoms with E-state index in [0.717, 1.165) is 11.3 Å². The molecule has 0 spiro atoms. The van der Waals surface area contributed by atoms with E-state index >= 15 is 0 Å². The third-order valence-corrected chi connectivity index (χ3v) is 6.71. The van der Waals surface area contributed by atoms with Crippen molar-refractivity contribution >= 4 is 51.5 Å². The van der Waals surface area contributed by atoms with Crippen molar-refractivity contribution in [3.8, 4) is 0 Å². The molecule has 4 rings (SSSR count). The van der Waals surface area contributed by atoms with Gasteiger partial charge in [-0.05, 0) is 31.2 Å². The van der Waals surface area contributed by atoms with Gasteiger partial charge in [0.05, 0.1) is 5.75 Å². The van der Waals surface area contributed by atoms with Gasteiger partial charge >= 0.3 is 0 Å². The fraction of sp³-hybridized carbons (Fsp3) is 0.0800. The zero-order chi connectivity index (χ0) is 23.9. The van der Waals surface area contributed by atoms with Crippen molar-refractivity contribution in [1.82, 2.24) is 10.2 Å². The van der Waals surface area contributed by atoms with E-state index in [1.807, 2.05) is 37.3 Å². The second-order valence-corrected chi connectivity index (χ2v) is 9.50. The van der Waals surface area contributed by atoms with Gasteiger partial charge in [0.15, 0.2) is 10.1 Å². The highest BCUT2D eigenvalue weighted by Gasteiger charge is 2.14. The molecule has 0 aliphatic carbocycles. The van der Waals surface area contributed by atoms with E-state index in [9.17, 15) is 14.4 Å². The summed E-state index contributed by atoms with van der Waals surface area (Å²) in [7, 11) is 0. The molecular weight excluding hydrogens is 468 g/mol. The molecule has 3 aromatic carbocycles. The highest BCUT2D eigenvalue weighted by molar-refractivity contribution is 8.01. The highest BCUT2D eigenvalue weighted by atomic mass is 32.2. The second-order valence-electron chi connectivity index (χ2n) is 7.30. The highest BCUT2D eigenvalue weighted by Crippen LogP contribution is 2.26. The first-order chi connectivity index (χ1) is 16.5. The lowest BCUT2D eigenvalue weighted by molar-refractivity contribution is -0.113. The first-order valence-electron chi connectivity index (χ1n) is 10.3. The van der Waals surface area contributed by atoms with Crippen LogP contribution in [0.2, 0.25) is 0 Å². The summed E-state index contributed by atoms with van der Waals surface area (Å²) in [5.74, 6) is -0.444. The summed E-state index contributed by atoms with van der Waals surface area (Å²) >= 11 is 2.43. The monoisotopic (exact) mass is 488 g/mol. The van der Waals surface area contributed by atoms with E-state index in [1.54, 1.807) is 48.5 Å². The maximum Gasteiger partial charge on any atom is 0.257 e. The summed E-state index contributed by atoms with van der Waals surface area (Å²) in [6.07, 6.45) is 0. The molecule has 0 bridgehead atoms. The predicted octanol–water partition coefficient (Wildman–Crippen LogP) is 5.06. The molecule has 7 nitrogen and oxygen atoms in total. The van der Waals surface area contributed by atoms with E-state index in [1.165, 1.54) is 23.1 Å². The van der Waals surface area contributed by atoms with E-state index in [2.05, 4.69) is 20.8 Å². The quantitative estimate of drug-likeness (QED) is 0.204. The van der Waals surface area contributed by atoms with E-state index in [0.29, 0.717) is 26.2 Å². The lowest BCUT2D eigenvalue weighted by atomic mass is 10.0.